The number of ketones is 1. The van der Waals surface area contributed by atoms with Crippen molar-refractivity contribution in [2.45, 2.75) is 6.92 Å². The second-order valence-corrected chi connectivity index (χ2v) is 4.47. The number of nitrogens with one attached hydrogen (secondary N) is 2. The van der Waals surface area contributed by atoms with Crippen molar-refractivity contribution in [3.8, 4) is 0 Å². The molecule has 0 bridgehead atoms. The topological polar surface area (TPSA) is 71.1 Å². The van der Waals surface area contributed by atoms with Gasteiger partial charge in [-0.1, -0.05) is 11.6 Å². The number of hydrogen-bond acceptors (Lipinski definition) is 3. The molecule has 1 heterocycles. The first-order valence-electron chi connectivity index (χ1n) is 5.85. The second-order valence-electron chi connectivity index (χ2n) is 4.08. The Morgan fingerprint density at radius 2 is 1.60 bits per heavy atom. The van der Waals surface area contributed by atoms with Crippen molar-refractivity contribution in [1.82, 2.24) is 4.98 Å². The van der Waals surface area contributed by atoms with Crippen LogP contribution < -0.4 is 10.6 Å². The Labute approximate surface area is 121 Å². The summed E-state index contributed by atoms with van der Waals surface area (Å²) >= 11 is 5.65. The summed E-state index contributed by atoms with van der Waals surface area (Å²) in [5.41, 5.74) is 1.72. The molecule has 2 N–H and O–H groups in total. The third kappa shape index (κ3) is 3.80. The van der Waals surface area contributed by atoms with E-state index in [2.05, 4.69) is 15.6 Å². The average molecular weight is 290 g/mol. The van der Waals surface area contributed by atoms with E-state index in [1.54, 1.807) is 36.4 Å². The Bertz CT molecular complexity index is 624. The molecule has 0 radical (unpaired) electrons. The van der Waals surface area contributed by atoms with E-state index in [-0.39, 0.29) is 5.78 Å². The zero-order chi connectivity index (χ0) is 14.5. The van der Waals surface area contributed by atoms with Gasteiger partial charge in [0, 0.05) is 11.3 Å². The van der Waals surface area contributed by atoms with Crippen LogP contribution in [0.25, 0.3) is 0 Å². The number of Topliss-reactive ketones (excluding diaryl/α,β-unsaturated/α-hetero) is 1. The van der Waals surface area contributed by atoms with Gasteiger partial charge >= 0.3 is 6.03 Å². The van der Waals surface area contributed by atoms with Crippen LogP contribution in [0.5, 0.6) is 0 Å². The number of carbonyl (C=O) groups is 2. The van der Waals surface area contributed by atoms with Gasteiger partial charge in [0.2, 0.25) is 0 Å². The van der Waals surface area contributed by atoms with Crippen LogP contribution >= 0.6 is 11.6 Å². The van der Waals surface area contributed by atoms with Crippen LogP contribution in [0.2, 0.25) is 5.15 Å². The molecule has 0 aliphatic heterocycles. The number of pyridine rings is 1. The number of carbonyl (C=O) groups excluding carboxylic acids is 2. The van der Waals surface area contributed by atoms with Gasteiger partial charge in [0.25, 0.3) is 0 Å². The third-order valence-electron chi connectivity index (χ3n) is 2.53. The Morgan fingerprint density at radius 3 is 2.15 bits per heavy atom. The molecule has 2 rings (SSSR count). The Morgan fingerprint density at radius 1 is 1.00 bits per heavy atom. The van der Waals surface area contributed by atoms with E-state index in [0.29, 0.717) is 22.1 Å². The van der Waals surface area contributed by atoms with Crippen molar-refractivity contribution in [3.63, 3.8) is 0 Å². The van der Waals surface area contributed by atoms with Crippen molar-refractivity contribution in [1.29, 1.82) is 0 Å². The van der Waals surface area contributed by atoms with E-state index in [1.807, 2.05) is 0 Å². The molecule has 1 aromatic carbocycles. The average Bonchev–Trinajstić information content (AvgIpc) is 2.42. The molecule has 0 aliphatic carbocycles. The summed E-state index contributed by atoms with van der Waals surface area (Å²) in [6.45, 7) is 1.49. The summed E-state index contributed by atoms with van der Waals surface area (Å²) in [6.07, 6.45) is 1.46. The van der Waals surface area contributed by atoms with Crippen LogP contribution in [0.4, 0.5) is 16.2 Å². The highest BCUT2D eigenvalue weighted by Crippen LogP contribution is 2.12. The fraction of sp³-hybridized carbons (Fsp3) is 0.0714. The molecule has 0 aliphatic rings. The van der Waals surface area contributed by atoms with Gasteiger partial charge in [0.1, 0.15) is 5.15 Å². The highest BCUT2D eigenvalue weighted by atomic mass is 35.5. The van der Waals surface area contributed by atoms with E-state index in [0.717, 1.165) is 0 Å². The maximum Gasteiger partial charge on any atom is 0.323 e. The quantitative estimate of drug-likeness (QED) is 0.670. The first-order chi connectivity index (χ1) is 9.54. The molecular formula is C14H12ClN3O2. The number of aromatic nitrogens is 1. The van der Waals surface area contributed by atoms with Gasteiger partial charge in [-0.05, 0) is 43.3 Å². The van der Waals surface area contributed by atoms with E-state index in [9.17, 15) is 9.59 Å². The van der Waals surface area contributed by atoms with Crippen LogP contribution in [-0.4, -0.2) is 16.8 Å². The van der Waals surface area contributed by atoms with Crippen LogP contribution in [0.1, 0.15) is 17.3 Å². The fourth-order valence-electron chi connectivity index (χ4n) is 1.53. The first-order valence-corrected chi connectivity index (χ1v) is 6.23. The molecule has 1 aromatic heterocycles. The molecule has 102 valence electrons. The van der Waals surface area contributed by atoms with E-state index >= 15 is 0 Å². The SMILES string of the molecule is CC(=O)c1ccc(NC(=O)Nc2ccc(Cl)nc2)cc1. The van der Waals surface area contributed by atoms with Gasteiger partial charge in [-0.3, -0.25) is 4.79 Å². The number of rotatable bonds is 3. The van der Waals surface area contributed by atoms with Gasteiger partial charge in [0.05, 0.1) is 11.9 Å². The highest BCUT2D eigenvalue weighted by Gasteiger charge is 2.04. The van der Waals surface area contributed by atoms with E-state index in [1.165, 1.54) is 13.1 Å². The lowest BCUT2D eigenvalue weighted by atomic mass is 10.1. The zero-order valence-corrected chi connectivity index (χ0v) is 11.4. The summed E-state index contributed by atoms with van der Waals surface area (Å²) in [6, 6.07) is 9.47. The smallest absolute Gasteiger partial charge is 0.308 e. The Hall–Kier alpha value is -2.40. The van der Waals surface area contributed by atoms with Crippen molar-refractivity contribution in [2.24, 2.45) is 0 Å². The first kappa shape index (κ1) is 14.0. The minimum Gasteiger partial charge on any atom is -0.308 e. The summed E-state index contributed by atoms with van der Waals surface area (Å²) < 4.78 is 0. The summed E-state index contributed by atoms with van der Waals surface area (Å²) in [7, 11) is 0. The Kier molecular flexibility index (Phi) is 4.32. The number of amides is 2. The predicted molar refractivity (Wildman–Crippen MR) is 78.3 cm³/mol. The number of nitrogens with zero attached hydrogens (tertiary/aromatic N) is 1. The molecule has 0 saturated carbocycles. The molecule has 0 unspecified atom stereocenters. The molecule has 2 aromatic rings. The number of hydrogen-bond donors (Lipinski definition) is 2. The van der Waals surface area contributed by atoms with Gasteiger partial charge in [-0.2, -0.15) is 0 Å². The summed E-state index contributed by atoms with van der Waals surface area (Å²) in [5.74, 6) is -0.0201. The molecule has 0 fully saturated rings. The molecule has 20 heavy (non-hydrogen) atoms. The van der Waals surface area contributed by atoms with Crippen LogP contribution in [-0.2, 0) is 0 Å². The van der Waals surface area contributed by atoms with Crippen LogP contribution in [0.3, 0.4) is 0 Å². The molecule has 0 saturated heterocycles. The lowest BCUT2D eigenvalue weighted by Crippen LogP contribution is -2.19. The van der Waals surface area contributed by atoms with Gasteiger partial charge < -0.3 is 10.6 Å². The molecule has 0 atom stereocenters. The monoisotopic (exact) mass is 289 g/mol. The number of anilines is 2. The third-order valence-corrected chi connectivity index (χ3v) is 2.76. The zero-order valence-electron chi connectivity index (χ0n) is 10.7. The minimum atomic E-state index is -0.398. The van der Waals surface area contributed by atoms with Crippen molar-refractivity contribution in [2.75, 3.05) is 10.6 Å². The maximum atomic E-state index is 11.7. The van der Waals surface area contributed by atoms with Crippen LogP contribution in [0, 0.1) is 0 Å². The van der Waals surface area contributed by atoms with E-state index in [4.69, 9.17) is 11.6 Å². The van der Waals surface area contributed by atoms with Crippen molar-refractivity contribution >= 4 is 34.8 Å². The minimum absolute atomic E-state index is 0.0201. The molecule has 2 amide bonds. The molecular weight excluding hydrogens is 278 g/mol. The summed E-state index contributed by atoms with van der Waals surface area (Å²) in [4.78, 5) is 26.7. The van der Waals surface area contributed by atoms with Gasteiger partial charge in [-0.15, -0.1) is 0 Å². The second kappa shape index (κ2) is 6.16. The normalized spacial score (nSPS) is 9.90. The largest absolute Gasteiger partial charge is 0.323 e. The van der Waals surface area contributed by atoms with E-state index < -0.39 is 6.03 Å². The fourth-order valence-corrected chi connectivity index (χ4v) is 1.64. The predicted octanol–water partition coefficient (Wildman–Crippen LogP) is 3.58. The highest BCUT2D eigenvalue weighted by molar-refractivity contribution is 6.29. The lowest BCUT2D eigenvalue weighted by molar-refractivity contribution is 0.101. The summed E-state index contributed by atoms with van der Waals surface area (Å²) in [5, 5.41) is 5.62. The van der Waals surface area contributed by atoms with Gasteiger partial charge in [-0.25, -0.2) is 9.78 Å². The standard InChI is InChI=1S/C14H12ClN3O2/c1-9(19)10-2-4-11(5-3-10)17-14(20)18-12-6-7-13(15)16-8-12/h2-8H,1H3,(H2,17,18,20). The number of urea groups is 1. The number of halogens is 1. The lowest BCUT2D eigenvalue weighted by Gasteiger charge is -2.07. The van der Waals surface area contributed by atoms with Crippen molar-refractivity contribution < 1.29 is 9.59 Å². The van der Waals surface area contributed by atoms with Crippen LogP contribution in [0.15, 0.2) is 42.6 Å². The maximum absolute atomic E-state index is 11.7. The number of benzene rings is 1. The molecule has 6 heteroatoms. The Balaban J connectivity index is 1.97. The molecule has 0 spiro atoms. The molecule has 5 nitrogen and oxygen atoms in total. The van der Waals surface area contributed by atoms with Crippen molar-refractivity contribution in [3.05, 3.63) is 53.3 Å². The van der Waals surface area contributed by atoms with Gasteiger partial charge in [0.15, 0.2) is 5.78 Å².